The van der Waals surface area contributed by atoms with Gasteiger partial charge in [0.15, 0.2) is 0 Å². The molecule has 9 nitrogen and oxygen atoms in total. The summed E-state index contributed by atoms with van der Waals surface area (Å²) in [6.45, 7) is 12.2. The van der Waals surface area contributed by atoms with E-state index in [1.165, 1.54) is 54.7 Å². The molecule has 3 N–H and O–H groups in total. The van der Waals surface area contributed by atoms with Gasteiger partial charge in [0.25, 0.3) is 11.7 Å². The van der Waals surface area contributed by atoms with Gasteiger partial charge in [-0.25, -0.2) is 18.2 Å². The van der Waals surface area contributed by atoms with E-state index in [4.69, 9.17) is 16.1 Å². The van der Waals surface area contributed by atoms with E-state index < -0.39 is 27.3 Å². The predicted molar refractivity (Wildman–Crippen MR) is 154 cm³/mol. The molecule has 1 unspecified atom stereocenters. The number of hydrogen-bond acceptors (Lipinski definition) is 6. The molecular weight excluding hydrogens is 545 g/mol. The Hall–Kier alpha value is -5.08. The second-order valence-electron chi connectivity index (χ2n) is 9.89. The first kappa shape index (κ1) is 28.9. The highest BCUT2D eigenvalue weighted by molar-refractivity contribution is 7.92. The van der Waals surface area contributed by atoms with Crippen molar-refractivity contribution in [2.24, 2.45) is 0 Å². The highest BCUT2D eigenvalue weighted by Crippen LogP contribution is 2.31. The Balaban J connectivity index is 1.61. The number of ether oxygens (including phenoxy) is 1. The van der Waals surface area contributed by atoms with E-state index in [1.54, 1.807) is 51.1 Å². The zero-order chi connectivity index (χ0) is 29.8. The lowest BCUT2D eigenvalue weighted by molar-refractivity contribution is 0.0635. The quantitative estimate of drug-likeness (QED) is 0.207. The first-order valence-electron chi connectivity index (χ1n) is 12.3. The number of nitrogens with one attached hydrogen (secondary N) is 3. The molecule has 0 aliphatic carbocycles. The molecular formula is C30H26FN5O4S. The van der Waals surface area contributed by atoms with Crippen molar-refractivity contribution in [3.05, 3.63) is 108 Å². The molecule has 41 heavy (non-hydrogen) atoms. The number of rotatable bonds is 6. The highest BCUT2D eigenvalue weighted by atomic mass is 32.2. The Morgan fingerprint density at radius 2 is 1.54 bits per heavy atom. The number of amides is 2. The molecule has 11 heteroatoms. The summed E-state index contributed by atoms with van der Waals surface area (Å²) in [5.41, 5.74) is 1.37. The maximum absolute atomic E-state index is 13.5. The normalized spacial score (nSPS) is 12.5. The third-order valence-electron chi connectivity index (χ3n) is 5.70. The van der Waals surface area contributed by atoms with Crippen LogP contribution in [-0.4, -0.2) is 26.8 Å². The molecule has 0 spiro atoms. The van der Waals surface area contributed by atoms with E-state index >= 15 is 0 Å². The van der Waals surface area contributed by atoms with Crippen LogP contribution in [0.3, 0.4) is 0 Å². The topological polar surface area (TPSA) is 126 Å². The van der Waals surface area contributed by atoms with Crippen LogP contribution in [0.4, 0.5) is 26.4 Å². The maximum atomic E-state index is 13.5. The molecule has 4 rings (SSSR count). The van der Waals surface area contributed by atoms with Gasteiger partial charge in [0.2, 0.25) is 0 Å². The van der Waals surface area contributed by atoms with E-state index in [0.29, 0.717) is 11.1 Å². The SMILES string of the molecule is [C-]#[N+]c1ccc(S(=N)(=O)c2ccc(C(=O)Nc3cc(-c4ccc(F)cc4)ccc3NC(=O)OC(C)(C)C)cc2)cn1. The second-order valence-corrected chi connectivity index (χ2v) is 11.9. The van der Waals surface area contributed by atoms with Gasteiger partial charge in [-0.1, -0.05) is 24.8 Å². The van der Waals surface area contributed by atoms with E-state index in [9.17, 15) is 18.2 Å². The lowest BCUT2D eigenvalue weighted by atomic mass is 10.0. The summed E-state index contributed by atoms with van der Waals surface area (Å²) in [5.74, 6) is -0.790. The van der Waals surface area contributed by atoms with E-state index in [-0.39, 0.29) is 38.4 Å². The number of carbonyl (C=O) groups excluding carboxylic acids is 2. The summed E-state index contributed by atoms with van der Waals surface area (Å²) in [6, 6.07) is 19.3. The first-order chi connectivity index (χ1) is 19.4. The number of pyridine rings is 1. The van der Waals surface area contributed by atoms with Gasteiger partial charge in [0.05, 0.1) is 21.2 Å². The summed E-state index contributed by atoms with van der Waals surface area (Å²) in [4.78, 5) is 33.1. The van der Waals surface area contributed by atoms with Gasteiger partial charge >= 0.3 is 6.09 Å². The van der Waals surface area contributed by atoms with E-state index in [0.717, 1.165) is 0 Å². The molecule has 1 aromatic heterocycles. The fraction of sp³-hybridized carbons (Fsp3) is 0.133. The van der Waals surface area contributed by atoms with E-state index in [2.05, 4.69) is 20.5 Å². The van der Waals surface area contributed by atoms with Crippen molar-refractivity contribution < 1.29 is 22.9 Å². The molecule has 0 aliphatic heterocycles. The molecule has 2 amide bonds. The van der Waals surface area contributed by atoms with Crippen molar-refractivity contribution in [2.45, 2.75) is 36.2 Å². The van der Waals surface area contributed by atoms with Crippen LogP contribution in [0.15, 0.2) is 94.9 Å². The standard InChI is InChI=1S/C30H26FN5O4S/c1-30(2,3)40-29(38)36-25-15-9-21(19-5-10-22(31)11-6-19)17-26(25)35-28(37)20-7-12-23(13-8-20)41(32,39)24-14-16-27(33-4)34-18-24/h5-18,32H,1-3H3,(H,35,37)(H,36,38). The fourth-order valence-electron chi connectivity index (χ4n) is 3.73. The van der Waals surface area contributed by atoms with Gasteiger partial charge in [-0.2, -0.15) is 0 Å². The Morgan fingerprint density at radius 3 is 2.12 bits per heavy atom. The van der Waals surface area contributed by atoms with Crippen LogP contribution in [-0.2, 0) is 14.5 Å². The fourth-order valence-corrected chi connectivity index (χ4v) is 4.98. The summed E-state index contributed by atoms with van der Waals surface area (Å²) in [5, 5.41) is 5.42. The van der Waals surface area contributed by atoms with Gasteiger partial charge < -0.3 is 14.9 Å². The Morgan fingerprint density at radius 1 is 0.902 bits per heavy atom. The summed E-state index contributed by atoms with van der Waals surface area (Å²) < 4.78 is 40.4. The minimum Gasteiger partial charge on any atom is -0.444 e. The molecule has 0 saturated heterocycles. The van der Waals surface area contributed by atoms with Gasteiger partial charge in [0, 0.05) is 5.56 Å². The van der Waals surface area contributed by atoms with Crippen LogP contribution in [0, 0.1) is 17.2 Å². The monoisotopic (exact) mass is 571 g/mol. The number of benzene rings is 3. The molecule has 0 fully saturated rings. The highest BCUT2D eigenvalue weighted by Gasteiger charge is 2.20. The van der Waals surface area contributed by atoms with Crippen molar-refractivity contribution in [2.75, 3.05) is 10.6 Å². The van der Waals surface area contributed by atoms with Crippen LogP contribution in [0.5, 0.6) is 0 Å². The number of nitrogens with zero attached hydrogens (tertiary/aromatic N) is 2. The molecule has 0 aliphatic rings. The third-order valence-corrected chi connectivity index (χ3v) is 7.54. The van der Waals surface area contributed by atoms with Crippen LogP contribution >= 0.6 is 0 Å². The van der Waals surface area contributed by atoms with Crippen molar-refractivity contribution >= 4 is 38.9 Å². The minimum absolute atomic E-state index is 0.125. The summed E-state index contributed by atoms with van der Waals surface area (Å²) in [7, 11) is -3.43. The zero-order valence-corrected chi connectivity index (χ0v) is 23.2. The molecule has 0 radical (unpaired) electrons. The molecule has 0 bridgehead atoms. The van der Waals surface area contributed by atoms with Crippen LogP contribution in [0.2, 0.25) is 0 Å². The van der Waals surface area contributed by atoms with Gasteiger partial charge in [-0.05, 0) is 92.6 Å². The average Bonchev–Trinajstić information content (AvgIpc) is 2.93. The van der Waals surface area contributed by atoms with Crippen molar-refractivity contribution in [1.82, 2.24) is 4.98 Å². The zero-order valence-electron chi connectivity index (χ0n) is 22.4. The number of hydrogen-bond donors (Lipinski definition) is 3. The van der Waals surface area contributed by atoms with Crippen molar-refractivity contribution in [1.29, 1.82) is 4.78 Å². The van der Waals surface area contributed by atoms with Crippen LogP contribution in [0.1, 0.15) is 31.1 Å². The average molecular weight is 572 g/mol. The maximum Gasteiger partial charge on any atom is 0.412 e. The number of halogens is 1. The summed E-state index contributed by atoms with van der Waals surface area (Å²) in [6.07, 6.45) is 0.521. The first-order valence-corrected chi connectivity index (χ1v) is 13.9. The number of aromatic nitrogens is 1. The van der Waals surface area contributed by atoms with Gasteiger partial charge in [-0.3, -0.25) is 10.1 Å². The lowest BCUT2D eigenvalue weighted by Gasteiger charge is -2.21. The third kappa shape index (κ3) is 7.12. The molecule has 208 valence electrons. The van der Waals surface area contributed by atoms with Crippen LogP contribution in [0.25, 0.3) is 16.0 Å². The number of anilines is 2. The molecule has 4 aromatic rings. The molecule has 0 saturated carbocycles. The summed E-state index contributed by atoms with van der Waals surface area (Å²) >= 11 is 0. The van der Waals surface area contributed by atoms with Crippen LogP contribution < -0.4 is 10.6 Å². The Kier molecular flexibility index (Phi) is 8.16. The Bertz CT molecular complexity index is 1740. The van der Waals surface area contributed by atoms with Gasteiger partial charge in [-0.15, -0.1) is 4.98 Å². The van der Waals surface area contributed by atoms with Gasteiger partial charge in [0.1, 0.15) is 27.3 Å². The second kappa shape index (κ2) is 11.6. The number of carbonyl (C=O) groups is 2. The minimum atomic E-state index is -3.43. The molecule has 3 aromatic carbocycles. The van der Waals surface area contributed by atoms with Crippen molar-refractivity contribution in [3.8, 4) is 11.1 Å². The van der Waals surface area contributed by atoms with Crippen molar-refractivity contribution in [3.63, 3.8) is 0 Å². The molecule has 1 heterocycles. The predicted octanol–water partition coefficient (Wildman–Crippen LogP) is 7.50. The van der Waals surface area contributed by atoms with E-state index in [1.807, 2.05) is 0 Å². The largest absolute Gasteiger partial charge is 0.444 e. The lowest BCUT2D eigenvalue weighted by Crippen LogP contribution is -2.27. The molecule has 1 atom stereocenters. The Labute approximate surface area is 237 Å². The smallest absolute Gasteiger partial charge is 0.412 e.